The van der Waals surface area contributed by atoms with E-state index in [-0.39, 0.29) is 23.9 Å². The summed E-state index contributed by atoms with van der Waals surface area (Å²) in [5.41, 5.74) is 2.90. The average molecular weight is 354 g/mol. The van der Waals surface area contributed by atoms with E-state index >= 15 is 0 Å². The van der Waals surface area contributed by atoms with Crippen LogP contribution in [0.4, 0.5) is 0 Å². The first-order valence-electron chi connectivity index (χ1n) is 8.87. The van der Waals surface area contributed by atoms with E-state index in [0.717, 1.165) is 36.3 Å². The molecule has 26 heavy (non-hydrogen) atoms. The Hall–Kier alpha value is -2.90. The summed E-state index contributed by atoms with van der Waals surface area (Å²) in [5, 5.41) is 7.05. The quantitative estimate of drug-likeness (QED) is 0.766. The lowest BCUT2D eigenvalue weighted by molar-refractivity contribution is -0.132. The van der Waals surface area contributed by atoms with Gasteiger partial charge in [0.15, 0.2) is 5.65 Å². The highest BCUT2D eigenvalue weighted by atomic mass is 16.2. The first-order valence-corrected chi connectivity index (χ1v) is 8.87. The molecule has 1 N–H and O–H groups in total. The highest BCUT2D eigenvalue weighted by Crippen LogP contribution is 2.22. The average Bonchev–Trinajstić information content (AvgIpc) is 3.28. The van der Waals surface area contributed by atoms with Crippen molar-refractivity contribution in [3.05, 3.63) is 51.8 Å². The zero-order chi connectivity index (χ0) is 18.3. The third-order valence-electron chi connectivity index (χ3n) is 5.18. The zero-order valence-corrected chi connectivity index (χ0v) is 15.0. The molecule has 0 radical (unpaired) electrons. The largest absolute Gasteiger partial charge is 0.340 e. The van der Waals surface area contributed by atoms with Gasteiger partial charge in [0.1, 0.15) is 0 Å². The minimum atomic E-state index is -0.193. The van der Waals surface area contributed by atoms with E-state index in [4.69, 9.17) is 0 Å². The lowest BCUT2D eigenvalue weighted by atomic mass is 10.0. The topological polar surface area (TPSA) is 88.3 Å². The van der Waals surface area contributed by atoms with E-state index in [2.05, 4.69) is 15.2 Å². The summed E-state index contributed by atoms with van der Waals surface area (Å²) >= 11 is 0. The van der Waals surface area contributed by atoms with Crippen LogP contribution in [0.25, 0.3) is 5.65 Å². The molecule has 8 nitrogen and oxygen atoms in total. The molecule has 4 heterocycles. The van der Waals surface area contributed by atoms with Crippen molar-refractivity contribution in [2.24, 2.45) is 0 Å². The Labute approximate surface area is 150 Å². The second-order valence-corrected chi connectivity index (χ2v) is 6.87. The normalized spacial score (nSPS) is 17.8. The number of aromatic nitrogens is 5. The van der Waals surface area contributed by atoms with Crippen molar-refractivity contribution in [3.8, 4) is 0 Å². The number of hydrogen-bond donors (Lipinski definition) is 1. The lowest BCUT2D eigenvalue weighted by Gasteiger charge is -2.33. The maximum absolute atomic E-state index is 12.9. The molecule has 0 aliphatic carbocycles. The number of hydrogen-bond acceptors (Lipinski definition) is 4. The summed E-state index contributed by atoms with van der Waals surface area (Å²) in [4.78, 5) is 30.9. The molecule has 4 rings (SSSR count). The van der Waals surface area contributed by atoms with Gasteiger partial charge in [0.2, 0.25) is 5.91 Å². The molecule has 0 aromatic carbocycles. The van der Waals surface area contributed by atoms with E-state index in [1.54, 1.807) is 10.7 Å². The fourth-order valence-corrected chi connectivity index (χ4v) is 3.77. The van der Waals surface area contributed by atoms with Crippen LogP contribution in [0, 0.1) is 13.8 Å². The number of rotatable bonds is 3. The molecule has 8 heteroatoms. The molecule has 1 fully saturated rings. The maximum atomic E-state index is 12.9. The molecule has 136 valence electrons. The van der Waals surface area contributed by atoms with Gasteiger partial charge in [-0.3, -0.25) is 19.4 Å². The number of carbonyl (C=O) groups excluding carboxylic acids is 1. The Bertz CT molecular complexity index is 1000. The van der Waals surface area contributed by atoms with Crippen molar-refractivity contribution in [1.82, 2.24) is 29.3 Å². The van der Waals surface area contributed by atoms with Crippen molar-refractivity contribution >= 4 is 11.6 Å². The summed E-state index contributed by atoms with van der Waals surface area (Å²) in [5.74, 6) is 0.0868. The number of H-pyrrole nitrogens is 1. The number of fused-ring (bicyclic) bond motifs is 1. The van der Waals surface area contributed by atoms with E-state index in [0.29, 0.717) is 12.2 Å². The van der Waals surface area contributed by atoms with Crippen LogP contribution in [0.5, 0.6) is 0 Å². The predicted molar refractivity (Wildman–Crippen MR) is 96.1 cm³/mol. The van der Waals surface area contributed by atoms with Crippen LogP contribution >= 0.6 is 0 Å². The molecule has 3 aromatic rings. The minimum absolute atomic E-state index is 0.0868. The van der Waals surface area contributed by atoms with E-state index in [9.17, 15) is 9.59 Å². The van der Waals surface area contributed by atoms with Crippen molar-refractivity contribution in [2.75, 3.05) is 13.1 Å². The van der Waals surface area contributed by atoms with Gasteiger partial charge < -0.3 is 4.90 Å². The van der Waals surface area contributed by atoms with Crippen LogP contribution in [0.15, 0.2) is 29.3 Å². The molecule has 1 saturated heterocycles. The molecule has 1 amide bonds. The molecule has 1 aliphatic rings. The number of nitrogens with zero attached hydrogens (tertiary/aromatic N) is 5. The van der Waals surface area contributed by atoms with Gasteiger partial charge in [-0.25, -0.2) is 9.50 Å². The first kappa shape index (κ1) is 16.6. The molecule has 1 aliphatic heterocycles. The number of likely N-dealkylation sites (tertiary alicyclic amines) is 1. The van der Waals surface area contributed by atoms with Gasteiger partial charge in [0.05, 0.1) is 12.5 Å². The molecule has 0 saturated carbocycles. The van der Waals surface area contributed by atoms with Crippen molar-refractivity contribution < 1.29 is 4.79 Å². The first-order chi connectivity index (χ1) is 12.5. The molecule has 3 aromatic heterocycles. The Morgan fingerprint density at radius 2 is 2.23 bits per heavy atom. The van der Waals surface area contributed by atoms with Crippen molar-refractivity contribution in [3.63, 3.8) is 0 Å². The van der Waals surface area contributed by atoms with Crippen molar-refractivity contribution in [2.45, 2.75) is 39.2 Å². The second kappa shape index (κ2) is 6.44. The van der Waals surface area contributed by atoms with Crippen LogP contribution in [-0.4, -0.2) is 48.3 Å². The third kappa shape index (κ3) is 2.91. The second-order valence-electron chi connectivity index (χ2n) is 6.87. The third-order valence-corrected chi connectivity index (χ3v) is 5.18. The van der Waals surface area contributed by atoms with Gasteiger partial charge in [-0.15, -0.1) is 0 Å². The summed E-state index contributed by atoms with van der Waals surface area (Å²) < 4.78 is 3.59. The number of carbonyl (C=O) groups is 1. The fraction of sp³-hybridized carbons (Fsp3) is 0.444. The van der Waals surface area contributed by atoms with Gasteiger partial charge in [-0.2, -0.15) is 5.10 Å². The zero-order valence-electron chi connectivity index (χ0n) is 15.0. The number of nitrogens with one attached hydrogen (secondary N) is 1. The number of piperidine rings is 1. The number of aryl methyl sites for hydroxylation is 2. The van der Waals surface area contributed by atoms with E-state index < -0.39 is 0 Å². The van der Waals surface area contributed by atoms with Gasteiger partial charge >= 0.3 is 0 Å². The highest BCUT2D eigenvalue weighted by Gasteiger charge is 2.26. The SMILES string of the molecule is Cc1nc2cc(=O)[nH]n2c(C)c1CC(=O)N1CCCC(n2cccn2)C1. The number of aromatic amines is 1. The standard InChI is InChI=1S/C18H22N6O2/c1-12-15(13(2)24-16(20-12)10-17(25)21-24)9-18(26)22-7-3-5-14(11-22)23-8-4-6-19-23/h4,6,8,10,14H,3,5,7,9,11H2,1-2H3,(H,21,25). The van der Waals surface area contributed by atoms with E-state index in [1.807, 2.05) is 35.7 Å². The highest BCUT2D eigenvalue weighted by molar-refractivity contribution is 5.79. The molecule has 1 atom stereocenters. The monoisotopic (exact) mass is 354 g/mol. The summed E-state index contributed by atoms with van der Waals surface area (Å²) in [6, 6.07) is 3.60. The Kier molecular flexibility index (Phi) is 4.10. The molecule has 0 bridgehead atoms. The van der Waals surface area contributed by atoms with Crippen LogP contribution < -0.4 is 5.56 Å². The fourth-order valence-electron chi connectivity index (χ4n) is 3.77. The Balaban J connectivity index is 1.56. The number of amides is 1. The lowest BCUT2D eigenvalue weighted by Crippen LogP contribution is -2.41. The summed E-state index contributed by atoms with van der Waals surface area (Å²) in [6.45, 7) is 5.23. The van der Waals surface area contributed by atoms with Gasteiger partial charge in [-0.1, -0.05) is 0 Å². The van der Waals surface area contributed by atoms with Crippen LogP contribution in [-0.2, 0) is 11.2 Å². The van der Waals surface area contributed by atoms with Crippen LogP contribution in [0.3, 0.4) is 0 Å². The van der Waals surface area contributed by atoms with Crippen molar-refractivity contribution in [1.29, 1.82) is 0 Å². The molecular weight excluding hydrogens is 332 g/mol. The van der Waals surface area contributed by atoms with Crippen LogP contribution in [0.1, 0.15) is 35.8 Å². The summed E-state index contributed by atoms with van der Waals surface area (Å²) in [6.07, 6.45) is 6.00. The van der Waals surface area contributed by atoms with E-state index in [1.165, 1.54) is 6.07 Å². The van der Waals surface area contributed by atoms with Crippen LogP contribution in [0.2, 0.25) is 0 Å². The minimum Gasteiger partial charge on any atom is -0.340 e. The summed E-state index contributed by atoms with van der Waals surface area (Å²) in [7, 11) is 0. The molecule has 0 spiro atoms. The predicted octanol–water partition coefficient (Wildman–Crippen LogP) is 1.24. The van der Waals surface area contributed by atoms with Gasteiger partial charge in [0, 0.05) is 48.5 Å². The Morgan fingerprint density at radius 1 is 1.38 bits per heavy atom. The smallest absolute Gasteiger partial charge is 0.266 e. The molecular formula is C18H22N6O2. The maximum Gasteiger partial charge on any atom is 0.266 e. The van der Waals surface area contributed by atoms with Gasteiger partial charge in [0.25, 0.3) is 5.56 Å². The Morgan fingerprint density at radius 3 is 3.00 bits per heavy atom. The van der Waals surface area contributed by atoms with Gasteiger partial charge in [-0.05, 0) is 32.8 Å². The molecule has 1 unspecified atom stereocenters.